The summed E-state index contributed by atoms with van der Waals surface area (Å²) in [5, 5.41) is 6.41. The Bertz CT molecular complexity index is 607. The van der Waals surface area contributed by atoms with Crippen molar-refractivity contribution in [1.29, 1.82) is 0 Å². The molecule has 1 saturated heterocycles. The fraction of sp³-hybridized carbons (Fsp3) is 0.579. The summed E-state index contributed by atoms with van der Waals surface area (Å²) in [5.74, 6) is 0.263. The van der Waals surface area contributed by atoms with Crippen LogP contribution in [0.3, 0.4) is 0 Å². The number of carbonyl (C=O) groups excluding carboxylic acids is 1. The Morgan fingerprint density at radius 2 is 2.07 bits per heavy atom. The first-order valence-corrected chi connectivity index (χ1v) is 9.13. The molecule has 1 atom stereocenters. The van der Waals surface area contributed by atoms with E-state index in [0.29, 0.717) is 31.0 Å². The fourth-order valence-corrected chi connectivity index (χ4v) is 2.66. The van der Waals surface area contributed by atoms with Crippen LogP contribution in [0, 0.1) is 5.82 Å². The Morgan fingerprint density at radius 3 is 2.74 bits per heavy atom. The second-order valence-electron chi connectivity index (χ2n) is 6.59. The SMILES string of the molecule is CN(C)C(=O)CN=C(NCCc1ccccc1F)NCC1CCCCO1.I. The number of carbonyl (C=O) groups is 1. The molecule has 1 fully saturated rings. The van der Waals surface area contributed by atoms with Gasteiger partial charge in [-0.2, -0.15) is 0 Å². The van der Waals surface area contributed by atoms with E-state index in [4.69, 9.17) is 4.74 Å². The van der Waals surface area contributed by atoms with Gasteiger partial charge in [0.25, 0.3) is 0 Å². The molecular weight excluding hydrogens is 462 g/mol. The first-order chi connectivity index (χ1) is 12.6. The number of nitrogens with zero attached hydrogens (tertiary/aromatic N) is 2. The van der Waals surface area contributed by atoms with Gasteiger partial charge in [0.15, 0.2) is 5.96 Å². The van der Waals surface area contributed by atoms with E-state index in [9.17, 15) is 9.18 Å². The molecule has 6 nitrogen and oxygen atoms in total. The first-order valence-electron chi connectivity index (χ1n) is 9.13. The third kappa shape index (κ3) is 8.87. The van der Waals surface area contributed by atoms with Gasteiger partial charge in [0.2, 0.25) is 5.91 Å². The van der Waals surface area contributed by atoms with Gasteiger partial charge in [-0.1, -0.05) is 18.2 Å². The zero-order chi connectivity index (χ0) is 18.8. The van der Waals surface area contributed by atoms with Gasteiger partial charge in [-0.3, -0.25) is 4.79 Å². The van der Waals surface area contributed by atoms with Crippen LogP contribution in [0.15, 0.2) is 29.3 Å². The maximum atomic E-state index is 13.7. The van der Waals surface area contributed by atoms with Crippen molar-refractivity contribution in [3.8, 4) is 0 Å². The molecule has 1 aromatic carbocycles. The van der Waals surface area contributed by atoms with Crippen molar-refractivity contribution in [2.24, 2.45) is 4.99 Å². The van der Waals surface area contributed by atoms with Crippen LogP contribution in [0.1, 0.15) is 24.8 Å². The van der Waals surface area contributed by atoms with Crippen molar-refractivity contribution >= 4 is 35.8 Å². The number of amides is 1. The highest BCUT2D eigenvalue weighted by molar-refractivity contribution is 14.0. The average Bonchev–Trinajstić information content (AvgIpc) is 2.65. The lowest BCUT2D eigenvalue weighted by atomic mass is 10.1. The number of hydrogen-bond acceptors (Lipinski definition) is 3. The van der Waals surface area contributed by atoms with E-state index in [2.05, 4.69) is 15.6 Å². The molecule has 0 radical (unpaired) electrons. The van der Waals surface area contributed by atoms with Gasteiger partial charge in [-0.25, -0.2) is 9.38 Å². The van der Waals surface area contributed by atoms with Crippen molar-refractivity contribution < 1.29 is 13.9 Å². The molecule has 1 aromatic rings. The fourth-order valence-electron chi connectivity index (χ4n) is 2.66. The van der Waals surface area contributed by atoms with Crippen molar-refractivity contribution in [2.45, 2.75) is 31.8 Å². The quantitative estimate of drug-likeness (QED) is 0.348. The number of hydrogen-bond donors (Lipinski definition) is 2. The van der Waals surface area contributed by atoms with Crippen LogP contribution >= 0.6 is 24.0 Å². The van der Waals surface area contributed by atoms with Crippen LogP contribution in [0.2, 0.25) is 0 Å². The lowest BCUT2D eigenvalue weighted by Crippen LogP contribution is -2.43. The van der Waals surface area contributed by atoms with Crippen molar-refractivity contribution in [3.63, 3.8) is 0 Å². The summed E-state index contributed by atoms with van der Waals surface area (Å²) in [6.45, 7) is 2.02. The molecule has 0 saturated carbocycles. The van der Waals surface area contributed by atoms with Gasteiger partial charge >= 0.3 is 0 Å². The number of nitrogens with one attached hydrogen (secondary N) is 2. The van der Waals surface area contributed by atoms with Gasteiger partial charge in [0.05, 0.1) is 6.10 Å². The number of likely N-dealkylation sites (N-methyl/N-ethyl adjacent to an activating group) is 1. The second-order valence-corrected chi connectivity index (χ2v) is 6.59. The Hall–Kier alpha value is -1.42. The highest BCUT2D eigenvalue weighted by Crippen LogP contribution is 2.11. The molecule has 1 unspecified atom stereocenters. The van der Waals surface area contributed by atoms with Crippen LogP contribution in [0.25, 0.3) is 0 Å². The van der Waals surface area contributed by atoms with Gasteiger partial charge in [0, 0.05) is 33.8 Å². The van der Waals surface area contributed by atoms with E-state index in [-0.39, 0.29) is 48.3 Å². The van der Waals surface area contributed by atoms with E-state index in [0.717, 1.165) is 19.4 Å². The molecule has 1 aliphatic heterocycles. The Kier molecular flexibility index (Phi) is 11.3. The number of halogens is 2. The second kappa shape index (κ2) is 12.9. The first kappa shape index (κ1) is 23.6. The highest BCUT2D eigenvalue weighted by Gasteiger charge is 2.14. The largest absolute Gasteiger partial charge is 0.376 e. The van der Waals surface area contributed by atoms with Crippen molar-refractivity contribution in [3.05, 3.63) is 35.6 Å². The van der Waals surface area contributed by atoms with Crippen LogP contribution in [0.4, 0.5) is 4.39 Å². The minimum Gasteiger partial charge on any atom is -0.376 e. The molecule has 2 rings (SSSR count). The predicted octanol–water partition coefficient (Wildman–Crippen LogP) is 2.18. The molecule has 0 aromatic heterocycles. The molecule has 0 aliphatic carbocycles. The van der Waals surface area contributed by atoms with Gasteiger partial charge in [0.1, 0.15) is 12.4 Å². The predicted molar refractivity (Wildman–Crippen MR) is 116 cm³/mol. The Morgan fingerprint density at radius 1 is 1.30 bits per heavy atom. The van der Waals surface area contributed by atoms with E-state index in [1.807, 2.05) is 6.07 Å². The van der Waals surface area contributed by atoms with Crippen LogP contribution < -0.4 is 10.6 Å². The zero-order valence-electron chi connectivity index (χ0n) is 16.0. The summed E-state index contributed by atoms with van der Waals surface area (Å²) in [4.78, 5) is 17.6. The van der Waals surface area contributed by atoms with Crippen LogP contribution in [-0.2, 0) is 16.0 Å². The normalized spacial score (nSPS) is 17.0. The van der Waals surface area contributed by atoms with Gasteiger partial charge in [-0.15, -0.1) is 24.0 Å². The lowest BCUT2D eigenvalue weighted by molar-refractivity contribution is -0.127. The van der Waals surface area contributed by atoms with Crippen molar-refractivity contribution in [2.75, 3.05) is 40.3 Å². The highest BCUT2D eigenvalue weighted by atomic mass is 127. The topological polar surface area (TPSA) is 66.0 Å². The molecule has 1 aliphatic rings. The molecule has 0 spiro atoms. The molecule has 1 amide bonds. The maximum Gasteiger partial charge on any atom is 0.243 e. The lowest BCUT2D eigenvalue weighted by Gasteiger charge is -2.24. The monoisotopic (exact) mass is 492 g/mol. The summed E-state index contributed by atoms with van der Waals surface area (Å²) in [7, 11) is 3.40. The van der Waals surface area contributed by atoms with Gasteiger partial charge in [-0.05, 0) is 37.3 Å². The van der Waals surface area contributed by atoms with E-state index < -0.39 is 0 Å². The van der Waals surface area contributed by atoms with Crippen molar-refractivity contribution in [1.82, 2.24) is 15.5 Å². The summed E-state index contributed by atoms with van der Waals surface area (Å²) >= 11 is 0. The number of guanidine groups is 1. The zero-order valence-corrected chi connectivity index (χ0v) is 18.4. The number of benzene rings is 1. The van der Waals surface area contributed by atoms with Crippen LogP contribution in [-0.4, -0.2) is 63.2 Å². The Balaban J connectivity index is 0.00000364. The molecule has 27 heavy (non-hydrogen) atoms. The third-order valence-corrected chi connectivity index (χ3v) is 4.29. The Labute approximate surface area is 178 Å². The molecule has 1 heterocycles. The summed E-state index contributed by atoms with van der Waals surface area (Å²) in [6.07, 6.45) is 3.99. The molecule has 8 heteroatoms. The third-order valence-electron chi connectivity index (χ3n) is 4.29. The minimum atomic E-state index is -0.209. The minimum absolute atomic E-state index is 0. The smallest absolute Gasteiger partial charge is 0.243 e. The average molecular weight is 492 g/mol. The van der Waals surface area contributed by atoms with E-state index in [1.165, 1.54) is 17.4 Å². The van der Waals surface area contributed by atoms with E-state index >= 15 is 0 Å². The molecular formula is C19H30FIN4O2. The standard InChI is InChI=1S/C19H29FN4O2.HI/c1-24(2)18(25)14-23-19(22-13-16-8-5-6-12-26-16)21-11-10-15-7-3-4-9-17(15)20;/h3-4,7,9,16H,5-6,8,10-14H2,1-2H3,(H2,21,22,23);1H. The number of rotatable bonds is 7. The van der Waals surface area contributed by atoms with Crippen LogP contribution in [0.5, 0.6) is 0 Å². The maximum absolute atomic E-state index is 13.7. The van der Waals surface area contributed by atoms with Gasteiger partial charge < -0.3 is 20.3 Å². The summed E-state index contributed by atoms with van der Waals surface area (Å²) in [5.41, 5.74) is 0.652. The number of aliphatic imine (C=N–C) groups is 1. The summed E-state index contributed by atoms with van der Waals surface area (Å²) in [6, 6.07) is 6.73. The number of ether oxygens (including phenoxy) is 1. The summed E-state index contributed by atoms with van der Waals surface area (Å²) < 4.78 is 19.4. The molecule has 2 N–H and O–H groups in total. The molecule has 152 valence electrons. The molecule has 0 bridgehead atoms. The van der Waals surface area contributed by atoms with E-state index in [1.54, 1.807) is 26.2 Å².